The SMILES string of the molecule is CC1(C)CN(c2cc(F)cc(F)c2[N+](=O)[O-])CCN1. The molecule has 1 heterocycles. The van der Waals surface area contributed by atoms with E-state index in [4.69, 9.17) is 0 Å². The Kier molecular flexibility index (Phi) is 3.40. The van der Waals surface area contributed by atoms with Crippen molar-refractivity contribution in [2.75, 3.05) is 24.5 Å². The molecule has 0 spiro atoms. The zero-order chi connectivity index (χ0) is 14.2. The Morgan fingerprint density at radius 2 is 2.11 bits per heavy atom. The second-order valence-electron chi connectivity index (χ2n) is 5.24. The van der Waals surface area contributed by atoms with Crippen LogP contribution in [0.5, 0.6) is 0 Å². The van der Waals surface area contributed by atoms with E-state index in [2.05, 4.69) is 5.32 Å². The Morgan fingerprint density at radius 1 is 1.42 bits per heavy atom. The van der Waals surface area contributed by atoms with E-state index in [0.29, 0.717) is 25.7 Å². The summed E-state index contributed by atoms with van der Waals surface area (Å²) in [6.45, 7) is 5.37. The van der Waals surface area contributed by atoms with Crippen LogP contribution in [-0.4, -0.2) is 30.1 Å². The fourth-order valence-corrected chi connectivity index (χ4v) is 2.32. The van der Waals surface area contributed by atoms with Gasteiger partial charge in [0.05, 0.1) is 4.92 Å². The summed E-state index contributed by atoms with van der Waals surface area (Å²) in [5.41, 5.74) is -0.939. The maximum Gasteiger partial charge on any atom is 0.328 e. The van der Waals surface area contributed by atoms with E-state index in [-0.39, 0.29) is 11.2 Å². The first-order chi connectivity index (χ1) is 8.80. The normalized spacial score (nSPS) is 18.4. The third kappa shape index (κ3) is 2.81. The summed E-state index contributed by atoms with van der Waals surface area (Å²) < 4.78 is 26.9. The Balaban J connectivity index is 2.46. The van der Waals surface area contributed by atoms with Gasteiger partial charge >= 0.3 is 5.69 Å². The number of nitro benzene ring substituents is 1. The quantitative estimate of drug-likeness (QED) is 0.660. The first-order valence-corrected chi connectivity index (χ1v) is 5.93. The van der Waals surface area contributed by atoms with E-state index in [1.54, 1.807) is 4.90 Å². The molecule has 2 rings (SSSR count). The summed E-state index contributed by atoms with van der Waals surface area (Å²) in [5, 5.41) is 14.2. The van der Waals surface area contributed by atoms with Crippen molar-refractivity contribution in [1.29, 1.82) is 0 Å². The van der Waals surface area contributed by atoms with Crippen molar-refractivity contribution in [1.82, 2.24) is 5.32 Å². The fraction of sp³-hybridized carbons (Fsp3) is 0.500. The molecule has 0 bridgehead atoms. The number of anilines is 1. The molecule has 1 aliphatic rings. The van der Waals surface area contributed by atoms with Gasteiger partial charge in [-0.2, -0.15) is 4.39 Å². The average Bonchev–Trinajstić information content (AvgIpc) is 2.25. The molecule has 0 radical (unpaired) electrons. The van der Waals surface area contributed by atoms with Crippen LogP contribution in [0, 0.1) is 21.7 Å². The minimum Gasteiger partial charge on any atom is -0.363 e. The van der Waals surface area contributed by atoms with Gasteiger partial charge < -0.3 is 10.2 Å². The predicted molar refractivity (Wildman–Crippen MR) is 67.3 cm³/mol. The third-order valence-corrected chi connectivity index (χ3v) is 3.10. The van der Waals surface area contributed by atoms with Gasteiger partial charge in [0.15, 0.2) is 0 Å². The molecule has 7 heteroatoms. The van der Waals surface area contributed by atoms with Crippen molar-refractivity contribution >= 4 is 11.4 Å². The highest BCUT2D eigenvalue weighted by atomic mass is 19.1. The van der Waals surface area contributed by atoms with Crippen molar-refractivity contribution in [2.45, 2.75) is 19.4 Å². The van der Waals surface area contributed by atoms with Gasteiger partial charge in [0.1, 0.15) is 11.5 Å². The molecule has 1 aliphatic heterocycles. The minimum absolute atomic E-state index is 0.00271. The number of benzene rings is 1. The predicted octanol–water partition coefficient (Wildman–Crippen LogP) is 2.06. The first-order valence-electron chi connectivity index (χ1n) is 5.93. The molecule has 104 valence electrons. The molecular formula is C12H15F2N3O2. The molecule has 5 nitrogen and oxygen atoms in total. The van der Waals surface area contributed by atoms with Crippen molar-refractivity contribution in [3.63, 3.8) is 0 Å². The maximum absolute atomic E-state index is 13.6. The molecule has 1 N–H and O–H groups in total. The molecule has 1 aromatic carbocycles. The summed E-state index contributed by atoms with van der Waals surface area (Å²) in [4.78, 5) is 11.8. The van der Waals surface area contributed by atoms with Crippen LogP contribution in [0.2, 0.25) is 0 Å². The Morgan fingerprint density at radius 3 is 2.68 bits per heavy atom. The number of nitrogens with zero attached hydrogens (tertiary/aromatic N) is 2. The summed E-state index contributed by atoms with van der Waals surface area (Å²) in [6, 6.07) is 1.55. The number of halogens is 2. The Bertz CT molecular complexity index is 520. The summed E-state index contributed by atoms with van der Waals surface area (Å²) >= 11 is 0. The van der Waals surface area contributed by atoms with Crippen LogP contribution < -0.4 is 10.2 Å². The number of rotatable bonds is 2. The lowest BCUT2D eigenvalue weighted by atomic mass is 10.0. The monoisotopic (exact) mass is 271 g/mol. The van der Waals surface area contributed by atoms with Gasteiger partial charge in [0.2, 0.25) is 5.82 Å². The summed E-state index contributed by atoms with van der Waals surface area (Å²) in [6.07, 6.45) is 0. The number of nitro groups is 1. The highest BCUT2D eigenvalue weighted by Gasteiger charge is 2.32. The van der Waals surface area contributed by atoms with Crippen LogP contribution in [0.25, 0.3) is 0 Å². The second kappa shape index (κ2) is 4.73. The zero-order valence-corrected chi connectivity index (χ0v) is 10.7. The lowest BCUT2D eigenvalue weighted by molar-refractivity contribution is -0.386. The summed E-state index contributed by atoms with van der Waals surface area (Å²) in [7, 11) is 0. The Hall–Kier alpha value is -1.76. The highest BCUT2D eigenvalue weighted by molar-refractivity contribution is 5.64. The van der Waals surface area contributed by atoms with E-state index in [9.17, 15) is 18.9 Å². The zero-order valence-electron chi connectivity index (χ0n) is 10.7. The largest absolute Gasteiger partial charge is 0.363 e. The highest BCUT2D eigenvalue weighted by Crippen LogP contribution is 2.33. The van der Waals surface area contributed by atoms with Crippen molar-refractivity contribution < 1.29 is 13.7 Å². The summed E-state index contributed by atoms with van der Waals surface area (Å²) in [5.74, 6) is -1.95. The topological polar surface area (TPSA) is 58.4 Å². The fourth-order valence-electron chi connectivity index (χ4n) is 2.32. The molecule has 0 atom stereocenters. The van der Waals surface area contributed by atoms with Crippen LogP contribution in [-0.2, 0) is 0 Å². The number of piperazine rings is 1. The van der Waals surface area contributed by atoms with Crippen LogP contribution in [0.3, 0.4) is 0 Å². The number of nitrogens with one attached hydrogen (secondary N) is 1. The van der Waals surface area contributed by atoms with Gasteiger partial charge in [-0.05, 0) is 13.8 Å². The smallest absolute Gasteiger partial charge is 0.328 e. The van der Waals surface area contributed by atoms with E-state index in [0.717, 1.165) is 6.07 Å². The van der Waals surface area contributed by atoms with Gasteiger partial charge in [-0.15, -0.1) is 0 Å². The van der Waals surface area contributed by atoms with Crippen LogP contribution in [0.1, 0.15) is 13.8 Å². The lowest BCUT2D eigenvalue weighted by Gasteiger charge is -2.40. The number of hydrogen-bond donors (Lipinski definition) is 1. The standard InChI is InChI=1S/C12H15F2N3O2/c1-12(2)7-16(4-3-15-12)10-6-8(13)5-9(14)11(10)17(18)19/h5-6,15H,3-4,7H2,1-2H3. The molecule has 0 aliphatic carbocycles. The first kappa shape index (κ1) is 13.7. The van der Waals surface area contributed by atoms with Crippen LogP contribution in [0.15, 0.2) is 12.1 Å². The van der Waals surface area contributed by atoms with Crippen LogP contribution in [0.4, 0.5) is 20.2 Å². The van der Waals surface area contributed by atoms with Gasteiger partial charge in [0, 0.05) is 37.3 Å². The molecule has 0 unspecified atom stereocenters. The van der Waals surface area contributed by atoms with E-state index in [1.807, 2.05) is 13.8 Å². The molecular weight excluding hydrogens is 256 g/mol. The lowest BCUT2D eigenvalue weighted by Crippen LogP contribution is -2.57. The van der Waals surface area contributed by atoms with Crippen molar-refractivity contribution in [3.8, 4) is 0 Å². The van der Waals surface area contributed by atoms with Gasteiger partial charge in [-0.3, -0.25) is 10.1 Å². The molecule has 1 saturated heterocycles. The average molecular weight is 271 g/mol. The Labute approximate surface area is 109 Å². The number of hydrogen-bond acceptors (Lipinski definition) is 4. The van der Waals surface area contributed by atoms with Gasteiger partial charge in [-0.1, -0.05) is 0 Å². The molecule has 0 aromatic heterocycles. The second-order valence-corrected chi connectivity index (χ2v) is 5.24. The third-order valence-electron chi connectivity index (χ3n) is 3.10. The van der Waals surface area contributed by atoms with E-state index in [1.165, 1.54) is 0 Å². The molecule has 0 saturated carbocycles. The minimum atomic E-state index is -1.14. The van der Waals surface area contributed by atoms with Gasteiger partial charge in [-0.25, -0.2) is 4.39 Å². The molecule has 1 fully saturated rings. The molecule has 1 aromatic rings. The van der Waals surface area contributed by atoms with Crippen molar-refractivity contribution in [3.05, 3.63) is 33.9 Å². The van der Waals surface area contributed by atoms with E-state index < -0.39 is 22.2 Å². The maximum atomic E-state index is 13.6. The van der Waals surface area contributed by atoms with Gasteiger partial charge in [0.25, 0.3) is 0 Å². The van der Waals surface area contributed by atoms with Crippen molar-refractivity contribution in [2.24, 2.45) is 0 Å². The molecule has 19 heavy (non-hydrogen) atoms. The van der Waals surface area contributed by atoms with E-state index >= 15 is 0 Å². The van der Waals surface area contributed by atoms with Crippen LogP contribution >= 0.6 is 0 Å². The molecule has 0 amide bonds.